The van der Waals surface area contributed by atoms with Gasteiger partial charge in [-0.25, -0.2) is 4.79 Å². The molecule has 1 aliphatic rings. The fourth-order valence-corrected chi connectivity index (χ4v) is 2.33. The van der Waals surface area contributed by atoms with Crippen molar-refractivity contribution in [3.05, 3.63) is 64.4 Å². The van der Waals surface area contributed by atoms with Crippen molar-refractivity contribution < 1.29 is 24.2 Å². The highest BCUT2D eigenvalue weighted by atomic mass is 35.5. The van der Waals surface area contributed by atoms with Gasteiger partial charge in [0.15, 0.2) is 12.4 Å². The maximum atomic E-state index is 12.3. The van der Waals surface area contributed by atoms with Gasteiger partial charge in [-0.3, -0.25) is 4.79 Å². The number of rotatable bonds is 4. The van der Waals surface area contributed by atoms with E-state index in [-0.39, 0.29) is 11.5 Å². The first-order valence-corrected chi connectivity index (χ1v) is 7.10. The van der Waals surface area contributed by atoms with Crippen LogP contribution in [0.3, 0.4) is 0 Å². The van der Waals surface area contributed by atoms with Crippen molar-refractivity contribution in [1.82, 2.24) is 0 Å². The van der Waals surface area contributed by atoms with Crippen molar-refractivity contribution >= 4 is 29.4 Å². The number of hydrogen-bond acceptors (Lipinski definition) is 4. The van der Waals surface area contributed by atoms with Gasteiger partial charge < -0.3 is 14.6 Å². The first-order chi connectivity index (χ1) is 11.0. The smallest absolute Gasteiger partial charge is 0.341 e. The van der Waals surface area contributed by atoms with Gasteiger partial charge in [0.25, 0.3) is 0 Å². The fraction of sp³-hybridized carbons (Fsp3) is 0.0588. The lowest BCUT2D eigenvalue weighted by molar-refractivity contribution is -0.139. The molecule has 6 heteroatoms. The third-order valence-electron chi connectivity index (χ3n) is 3.20. The molecular weight excluding hydrogens is 320 g/mol. The number of benzene rings is 2. The molecule has 23 heavy (non-hydrogen) atoms. The Morgan fingerprint density at radius 3 is 2.78 bits per heavy atom. The zero-order chi connectivity index (χ0) is 16.4. The van der Waals surface area contributed by atoms with Crippen molar-refractivity contribution in [2.75, 3.05) is 6.61 Å². The molecule has 0 unspecified atom stereocenters. The molecule has 116 valence electrons. The highest BCUT2D eigenvalue weighted by Crippen LogP contribution is 2.35. The summed E-state index contributed by atoms with van der Waals surface area (Å²) in [7, 11) is 0. The lowest BCUT2D eigenvalue weighted by atomic mass is 10.1. The lowest BCUT2D eigenvalue weighted by Crippen LogP contribution is -2.09. The Morgan fingerprint density at radius 1 is 1.26 bits per heavy atom. The number of carbonyl (C=O) groups is 2. The van der Waals surface area contributed by atoms with Gasteiger partial charge in [-0.05, 0) is 29.8 Å². The third kappa shape index (κ3) is 3.19. The van der Waals surface area contributed by atoms with Gasteiger partial charge in [0.05, 0.1) is 5.56 Å². The molecule has 0 bridgehead atoms. The Labute approximate surface area is 136 Å². The second kappa shape index (κ2) is 6.14. The van der Waals surface area contributed by atoms with Gasteiger partial charge in [-0.2, -0.15) is 0 Å². The summed E-state index contributed by atoms with van der Waals surface area (Å²) in [6.45, 7) is -0.463. The van der Waals surface area contributed by atoms with Crippen LogP contribution in [0.1, 0.15) is 15.9 Å². The quantitative estimate of drug-likeness (QED) is 0.870. The molecule has 3 rings (SSSR count). The van der Waals surface area contributed by atoms with E-state index in [1.54, 1.807) is 30.3 Å². The first-order valence-electron chi connectivity index (χ1n) is 6.72. The Hall–Kier alpha value is -2.79. The highest BCUT2D eigenvalue weighted by molar-refractivity contribution is 6.32. The Balaban J connectivity index is 1.87. The average Bonchev–Trinajstić information content (AvgIpc) is 2.83. The van der Waals surface area contributed by atoms with E-state index in [9.17, 15) is 9.59 Å². The minimum absolute atomic E-state index is 0.156. The normalized spacial score (nSPS) is 14.5. The number of carboxylic acid groups (broad SMARTS) is 1. The largest absolute Gasteiger partial charge is 0.482 e. The van der Waals surface area contributed by atoms with E-state index in [0.717, 1.165) is 0 Å². The van der Waals surface area contributed by atoms with Crippen molar-refractivity contribution in [3.63, 3.8) is 0 Å². The molecule has 0 saturated carbocycles. The monoisotopic (exact) mass is 330 g/mol. The van der Waals surface area contributed by atoms with E-state index in [2.05, 4.69) is 0 Å². The van der Waals surface area contributed by atoms with Crippen LogP contribution >= 0.6 is 11.6 Å². The number of ether oxygens (including phenoxy) is 2. The Bertz CT molecular complexity index is 825. The summed E-state index contributed by atoms with van der Waals surface area (Å²) in [4.78, 5) is 22.8. The second-order valence-electron chi connectivity index (χ2n) is 4.80. The molecule has 0 aliphatic carbocycles. The maximum Gasteiger partial charge on any atom is 0.341 e. The SMILES string of the molecule is O=C(O)COc1ccc2c(c1)OC(=Cc1ccccc1Cl)C2=O. The van der Waals surface area contributed by atoms with Gasteiger partial charge in [-0.15, -0.1) is 0 Å². The fourth-order valence-electron chi connectivity index (χ4n) is 2.14. The summed E-state index contributed by atoms with van der Waals surface area (Å²) in [6, 6.07) is 11.7. The summed E-state index contributed by atoms with van der Waals surface area (Å²) >= 11 is 6.07. The minimum atomic E-state index is -1.08. The van der Waals surface area contributed by atoms with E-state index in [1.165, 1.54) is 12.1 Å². The number of halogens is 1. The third-order valence-corrected chi connectivity index (χ3v) is 3.54. The molecule has 0 atom stereocenters. The van der Waals surface area contributed by atoms with Gasteiger partial charge in [0, 0.05) is 11.1 Å². The highest BCUT2D eigenvalue weighted by Gasteiger charge is 2.28. The summed E-state index contributed by atoms with van der Waals surface area (Å²) in [6.07, 6.45) is 1.57. The van der Waals surface area contributed by atoms with Crippen LogP contribution in [0.2, 0.25) is 5.02 Å². The molecule has 1 N–H and O–H groups in total. The van der Waals surface area contributed by atoms with Gasteiger partial charge in [0.1, 0.15) is 11.5 Å². The summed E-state index contributed by atoms with van der Waals surface area (Å²) in [5.41, 5.74) is 1.07. The number of carboxylic acids is 1. The Morgan fingerprint density at radius 2 is 2.04 bits per heavy atom. The number of allylic oxidation sites excluding steroid dienone is 1. The van der Waals surface area contributed by atoms with Gasteiger partial charge in [-0.1, -0.05) is 29.8 Å². The maximum absolute atomic E-state index is 12.3. The molecule has 0 fully saturated rings. The molecule has 1 heterocycles. The van der Waals surface area contributed by atoms with Crippen molar-refractivity contribution in [3.8, 4) is 11.5 Å². The van der Waals surface area contributed by atoms with E-state index >= 15 is 0 Å². The lowest BCUT2D eigenvalue weighted by Gasteiger charge is -2.04. The van der Waals surface area contributed by atoms with Crippen LogP contribution in [0.15, 0.2) is 48.2 Å². The van der Waals surface area contributed by atoms with Crippen LogP contribution in [-0.4, -0.2) is 23.5 Å². The molecule has 2 aromatic carbocycles. The van der Waals surface area contributed by atoms with E-state index in [4.69, 9.17) is 26.2 Å². The number of fused-ring (bicyclic) bond motifs is 1. The van der Waals surface area contributed by atoms with Crippen LogP contribution in [0.25, 0.3) is 6.08 Å². The topological polar surface area (TPSA) is 72.8 Å². The zero-order valence-corrected chi connectivity index (χ0v) is 12.5. The molecule has 5 nitrogen and oxygen atoms in total. The van der Waals surface area contributed by atoms with Crippen molar-refractivity contribution in [2.45, 2.75) is 0 Å². The molecule has 1 aliphatic heterocycles. The first kappa shape index (κ1) is 15.1. The van der Waals surface area contributed by atoms with Crippen molar-refractivity contribution in [2.24, 2.45) is 0 Å². The number of ketones is 1. The van der Waals surface area contributed by atoms with Crippen LogP contribution in [-0.2, 0) is 4.79 Å². The number of aliphatic carboxylic acids is 1. The zero-order valence-electron chi connectivity index (χ0n) is 11.8. The van der Waals surface area contributed by atoms with Crippen LogP contribution in [0.4, 0.5) is 0 Å². The molecule has 0 saturated heterocycles. The van der Waals surface area contributed by atoms with Gasteiger partial charge in [0.2, 0.25) is 5.78 Å². The number of Topliss-reactive ketones (excluding diaryl/α,β-unsaturated/α-hetero) is 1. The van der Waals surface area contributed by atoms with E-state index in [0.29, 0.717) is 27.6 Å². The number of carbonyl (C=O) groups excluding carboxylic acids is 1. The van der Waals surface area contributed by atoms with Gasteiger partial charge >= 0.3 is 5.97 Å². The molecular formula is C17H11ClO5. The molecule has 0 spiro atoms. The molecule has 2 aromatic rings. The summed E-state index contributed by atoms with van der Waals surface area (Å²) in [5, 5.41) is 9.12. The summed E-state index contributed by atoms with van der Waals surface area (Å²) in [5.74, 6) is -0.538. The van der Waals surface area contributed by atoms with Crippen LogP contribution < -0.4 is 9.47 Å². The molecule has 0 radical (unpaired) electrons. The summed E-state index contributed by atoms with van der Waals surface area (Å²) < 4.78 is 10.6. The van der Waals surface area contributed by atoms with Crippen molar-refractivity contribution in [1.29, 1.82) is 0 Å². The second-order valence-corrected chi connectivity index (χ2v) is 5.21. The molecule has 0 amide bonds. The Kier molecular flexibility index (Phi) is 4.04. The standard InChI is InChI=1S/C17H11ClO5/c18-13-4-2-1-3-10(13)7-15-17(21)12-6-5-11(8-14(12)23-15)22-9-16(19)20/h1-8H,9H2,(H,19,20). The van der Waals surface area contributed by atoms with Crippen LogP contribution in [0.5, 0.6) is 11.5 Å². The minimum Gasteiger partial charge on any atom is -0.482 e. The predicted octanol–water partition coefficient (Wildman–Crippen LogP) is 3.42. The van der Waals surface area contributed by atoms with E-state index < -0.39 is 12.6 Å². The number of hydrogen-bond donors (Lipinski definition) is 1. The predicted molar refractivity (Wildman–Crippen MR) is 84.0 cm³/mol. The average molecular weight is 331 g/mol. The molecule has 0 aromatic heterocycles. The van der Waals surface area contributed by atoms with Crippen LogP contribution in [0, 0.1) is 0 Å². The van der Waals surface area contributed by atoms with E-state index in [1.807, 2.05) is 6.07 Å².